The predicted octanol–water partition coefficient (Wildman–Crippen LogP) is 4.71. The second-order valence-electron chi connectivity index (χ2n) is 7.04. The molecule has 0 unspecified atom stereocenters. The average Bonchev–Trinajstić information content (AvgIpc) is 3.24. The predicted molar refractivity (Wildman–Crippen MR) is 103 cm³/mol. The molecule has 0 atom stereocenters. The van der Waals surface area contributed by atoms with E-state index < -0.39 is 0 Å². The van der Waals surface area contributed by atoms with Crippen molar-refractivity contribution in [3.63, 3.8) is 0 Å². The summed E-state index contributed by atoms with van der Waals surface area (Å²) in [6.07, 6.45) is 6.01. The molecule has 0 radical (unpaired) electrons. The van der Waals surface area contributed by atoms with E-state index in [9.17, 15) is 4.79 Å². The minimum absolute atomic E-state index is 0.0959. The molecular formula is C22H23N3O2. The van der Waals surface area contributed by atoms with Crippen LogP contribution in [0.1, 0.15) is 59.8 Å². The minimum atomic E-state index is -0.0959. The molecule has 1 aliphatic carbocycles. The molecule has 0 bridgehead atoms. The highest BCUT2D eigenvalue weighted by atomic mass is 16.5. The van der Waals surface area contributed by atoms with Gasteiger partial charge in [0.25, 0.3) is 5.91 Å². The molecule has 5 nitrogen and oxygen atoms in total. The lowest BCUT2D eigenvalue weighted by Crippen LogP contribution is -2.22. The van der Waals surface area contributed by atoms with Crippen LogP contribution in [-0.2, 0) is 6.54 Å². The topological polar surface area (TPSA) is 68.0 Å². The van der Waals surface area contributed by atoms with Crippen molar-refractivity contribution in [2.45, 2.75) is 44.6 Å². The maximum absolute atomic E-state index is 12.3. The molecule has 27 heavy (non-hydrogen) atoms. The third-order valence-corrected chi connectivity index (χ3v) is 5.10. The second kappa shape index (κ2) is 8.16. The fraction of sp³-hybridized carbons (Fsp3) is 0.318. The molecule has 3 aromatic rings. The Morgan fingerprint density at radius 2 is 1.74 bits per heavy atom. The monoisotopic (exact) mass is 361 g/mol. The molecule has 138 valence electrons. The summed E-state index contributed by atoms with van der Waals surface area (Å²) in [7, 11) is 0. The van der Waals surface area contributed by atoms with Gasteiger partial charge in [0.2, 0.25) is 11.7 Å². The van der Waals surface area contributed by atoms with Crippen molar-refractivity contribution in [2.75, 3.05) is 0 Å². The van der Waals surface area contributed by atoms with Gasteiger partial charge >= 0.3 is 0 Å². The first-order chi connectivity index (χ1) is 13.3. The van der Waals surface area contributed by atoms with Gasteiger partial charge in [0, 0.05) is 23.6 Å². The fourth-order valence-electron chi connectivity index (χ4n) is 3.52. The van der Waals surface area contributed by atoms with E-state index >= 15 is 0 Å². The molecule has 5 heteroatoms. The van der Waals surface area contributed by atoms with E-state index in [1.54, 1.807) is 12.1 Å². The summed E-state index contributed by atoms with van der Waals surface area (Å²) in [6, 6.07) is 17.2. The molecule has 4 rings (SSSR count). The molecule has 1 N–H and O–H groups in total. The van der Waals surface area contributed by atoms with Crippen molar-refractivity contribution in [1.29, 1.82) is 0 Å². The van der Waals surface area contributed by atoms with Crippen LogP contribution in [0.15, 0.2) is 59.1 Å². The van der Waals surface area contributed by atoms with Gasteiger partial charge in [-0.3, -0.25) is 4.79 Å². The maximum Gasteiger partial charge on any atom is 0.251 e. The van der Waals surface area contributed by atoms with Crippen molar-refractivity contribution in [1.82, 2.24) is 15.5 Å². The normalized spacial score (nSPS) is 14.8. The Balaban J connectivity index is 1.40. The van der Waals surface area contributed by atoms with Crippen molar-refractivity contribution >= 4 is 5.91 Å². The van der Waals surface area contributed by atoms with Crippen LogP contribution in [0.25, 0.3) is 11.4 Å². The number of aromatic nitrogens is 2. The van der Waals surface area contributed by atoms with Gasteiger partial charge in [0.15, 0.2) is 0 Å². The summed E-state index contributed by atoms with van der Waals surface area (Å²) in [5.74, 6) is 1.63. The molecule has 1 fully saturated rings. The first kappa shape index (κ1) is 17.5. The van der Waals surface area contributed by atoms with Gasteiger partial charge in [-0.05, 0) is 30.5 Å². The van der Waals surface area contributed by atoms with Gasteiger partial charge < -0.3 is 9.84 Å². The van der Waals surface area contributed by atoms with E-state index in [4.69, 9.17) is 4.52 Å². The maximum atomic E-state index is 12.3. The summed E-state index contributed by atoms with van der Waals surface area (Å²) < 4.78 is 5.48. The first-order valence-electron chi connectivity index (χ1n) is 9.56. The van der Waals surface area contributed by atoms with E-state index in [0.717, 1.165) is 29.9 Å². The Hall–Kier alpha value is -2.95. The van der Waals surface area contributed by atoms with E-state index in [2.05, 4.69) is 15.5 Å². The van der Waals surface area contributed by atoms with Gasteiger partial charge in [-0.15, -0.1) is 0 Å². The van der Waals surface area contributed by atoms with Crippen LogP contribution in [0.2, 0.25) is 0 Å². The van der Waals surface area contributed by atoms with E-state index in [-0.39, 0.29) is 5.91 Å². The van der Waals surface area contributed by atoms with Crippen LogP contribution in [0.3, 0.4) is 0 Å². The van der Waals surface area contributed by atoms with Crippen LogP contribution in [-0.4, -0.2) is 16.0 Å². The summed E-state index contributed by atoms with van der Waals surface area (Å²) >= 11 is 0. The zero-order valence-corrected chi connectivity index (χ0v) is 15.2. The van der Waals surface area contributed by atoms with E-state index in [1.807, 2.05) is 42.5 Å². The second-order valence-corrected chi connectivity index (χ2v) is 7.04. The minimum Gasteiger partial charge on any atom is -0.348 e. The lowest BCUT2D eigenvalue weighted by molar-refractivity contribution is 0.0951. The summed E-state index contributed by atoms with van der Waals surface area (Å²) in [4.78, 5) is 16.9. The lowest BCUT2D eigenvalue weighted by Gasteiger charge is -2.17. The summed E-state index contributed by atoms with van der Waals surface area (Å²) in [5.41, 5.74) is 2.55. The van der Waals surface area contributed by atoms with Gasteiger partial charge in [0.1, 0.15) is 0 Å². The van der Waals surface area contributed by atoms with E-state index in [0.29, 0.717) is 23.9 Å². The molecule has 2 aromatic carbocycles. The molecule has 0 saturated heterocycles. The zero-order chi connectivity index (χ0) is 18.5. The number of carbonyl (C=O) groups is 1. The third kappa shape index (κ3) is 4.25. The molecule has 0 aliphatic heterocycles. The molecule has 1 saturated carbocycles. The standard InChI is InChI=1S/C22H23N3O2/c26-21(23-15-16-7-3-1-4-8-16)18-13-11-17(12-14-18)20-24-22(27-25-20)19-9-5-2-6-10-19/h1,3-4,7-8,11-14,19H,2,5-6,9-10,15H2,(H,23,26). The van der Waals surface area contributed by atoms with Crippen LogP contribution in [0, 0.1) is 0 Å². The molecular weight excluding hydrogens is 338 g/mol. The summed E-state index contributed by atoms with van der Waals surface area (Å²) in [6.45, 7) is 0.511. The van der Waals surface area contributed by atoms with Crippen molar-refractivity contribution in [3.05, 3.63) is 71.6 Å². The molecule has 1 amide bonds. The molecule has 1 heterocycles. The Labute approximate surface area is 158 Å². The van der Waals surface area contributed by atoms with Gasteiger partial charge in [-0.1, -0.05) is 66.9 Å². The van der Waals surface area contributed by atoms with Gasteiger partial charge in [-0.2, -0.15) is 4.98 Å². The number of nitrogens with one attached hydrogen (secondary N) is 1. The van der Waals surface area contributed by atoms with Crippen LogP contribution in [0.4, 0.5) is 0 Å². The number of carbonyl (C=O) groups excluding carboxylic acids is 1. The van der Waals surface area contributed by atoms with Crippen LogP contribution in [0.5, 0.6) is 0 Å². The highest BCUT2D eigenvalue weighted by molar-refractivity contribution is 5.94. The molecule has 1 aliphatic rings. The Bertz CT molecular complexity index is 881. The van der Waals surface area contributed by atoms with Crippen LogP contribution < -0.4 is 5.32 Å². The number of benzene rings is 2. The van der Waals surface area contributed by atoms with Crippen LogP contribution >= 0.6 is 0 Å². The number of amides is 1. The van der Waals surface area contributed by atoms with Gasteiger partial charge in [0.05, 0.1) is 0 Å². The zero-order valence-electron chi connectivity index (χ0n) is 15.2. The Kier molecular flexibility index (Phi) is 5.28. The smallest absolute Gasteiger partial charge is 0.251 e. The van der Waals surface area contributed by atoms with Crippen molar-refractivity contribution < 1.29 is 9.32 Å². The fourth-order valence-corrected chi connectivity index (χ4v) is 3.52. The SMILES string of the molecule is O=C(NCc1ccccc1)c1ccc(-c2noc(C3CCCCC3)n2)cc1. The lowest BCUT2D eigenvalue weighted by atomic mass is 9.89. The highest BCUT2D eigenvalue weighted by Crippen LogP contribution is 2.32. The third-order valence-electron chi connectivity index (χ3n) is 5.10. The number of hydrogen-bond donors (Lipinski definition) is 1. The number of nitrogens with zero attached hydrogens (tertiary/aromatic N) is 2. The number of hydrogen-bond acceptors (Lipinski definition) is 4. The Morgan fingerprint density at radius 3 is 2.48 bits per heavy atom. The first-order valence-corrected chi connectivity index (χ1v) is 9.56. The van der Waals surface area contributed by atoms with Crippen molar-refractivity contribution in [3.8, 4) is 11.4 Å². The number of rotatable bonds is 5. The summed E-state index contributed by atoms with van der Waals surface area (Å²) in [5, 5.41) is 7.06. The van der Waals surface area contributed by atoms with E-state index in [1.165, 1.54) is 19.3 Å². The molecule has 0 spiro atoms. The highest BCUT2D eigenvalue weighted by Gasteiger charge is 2.21. The quantitative estimate of drug-likeness (QED) is 0.714. The van der Waals surface area contributed by atoms with Crippen molar-refractivity contribution in [2.24, 2.45) is 0 Å². The van der Waals surface area contributed by atoms with Gasteiger partial charge in [-0.25, -0.2) is 0 Å². The Morgan fingerprint density at radius 1 is 1.00 bits per heavy atom. The average molecular weight is 361 g/mol. The molecule has 1 aromatic heterocycles. The largest absolute Gasteiger partial charge is 0.348 e.